The number of rotatable bonds is 14. The standard InChI is InChI=1S/C37H40FN3O6S/c1-3-4-20-39-37(43)33(23-28-8-6-5-7-9-28)40(25-29-12-10-27(2)11-13-29)36(42)26-41(31-16-14-30(38)15-17-31)48(44,45)32-18-19-34-35(24-32)47-22-21-46-34/h5-19,24,33H,3-4,20-23,25-26H2,1-2H3,(H,39,43)/t33-/m1/s1. The summed E-state index contributed by atoms with van der Waals surface area (Å²) in [5.41, 5.74) is 2.73. The number of nitrogens with one attached hydrogen (secondary N) is 1. The molecular weight excluding hydrogens is 633 g/mol. The van der Waals surface area contributed by atoms with Gasteiger partial charge in [-0.25, -0.2) is 12.8 Å². The molecule has 2 amide bonds. The molecule has 0 aromatic heterocycles. The molecule has 0 aliphatic carbocycles. The summed E-state index contributed by atoms with van der Waals surface area (Å²) in [4.78, 5) is 29.7. The first-order chi connectivity index (χ1) is 23.2. The number of anilines is 1. The molecule has 0 saturated carbocycles. The molecule has 1 aliphatic heterocycles. The van der Waals surface area contributed by atoms with Crippen LogP contribution in [0.2, 0.25) is 0 Å². The van der Waals surface area contributed by atoms with E-state index in [1.807, 2.05) is 68.4 Å². The van der Waals surface area contributed by atoms with Crippen molar-refractivity contribution in [1.82, 2.24) is 10.2 Å². The van der Waals surface area contributed by atoms with Crippen LogP contribution in [0.5, 0.6) is 11.5 Å². The van der Waals surface area contributed by atoms with Crippen molar-refractivity contribution in [1.29, 1.82) is 0 Å². The van der Waals surface area contributed by atoms with Crippen molar-refractivity contribution < 1.29 is 31.9 Å². The molecule has 0 unspecified atom stereocenters. The lowest BCUT2D eigenvalue weighted by atomic mass is 10.0. The van der Waals surface area contributed by atoms with Crippen molar-refractivity contribution in [3.63, 3.8) is 0 Å². The summed E-state index contributed by atoms with van der Waals surface area (Å²) in [6, 6.07) is 25.2. The molecule has 0 radical (unpaired) electrons. The fourth-order valence-corrected chi connectivity index (χ4v) is 6.83. The molecular formula is C37H40FN3O6S. The summed E-state index contributed by atoms with van der Waals surface area (Å²) in [5.74, 6) is -0.829. The van der Waals surface area contributed by atoms with E-state index in [2.05, 4.69) is 5.32 Å². The maximum absolute atomic E-state index is 14.6. The number of benzene rings is 4. The second-order valence-electron chi connectivity index (χ2n) is 11.7. The van der Waals surface area contributed by atoms with Crippen LogP contribution in [0.4, 0.5) is 10.1 Å². The number of carbonyl (C=O) groups is 2. The molecule has 1 N–H and O–H groups in total. The van der Waals surface area contributed by atoms with Crippen LogP contribution in [0.15, 0.2) is 102 Å². The first-order valence-electron chi connectivity index (χ1n) is 16.0. The van der Waals surface area contributed by atoms with Gasteiger partial charge in [-0.15, -0.1) is 0 Å². The Kier molecular flexibility index (Phi) is 11.3. The van der Waals surface area contributed by atoms with Crippen molar-refractivity contribution in [2.75, 3.05) is 30.6 Å². The van der Waals surface area contributed by atoms with Crippen LogP contribution < -0.4 is 19.1 Å². The first-order valence-corrected chi connectivity index (χ1v) is 17.4. The minimum Gasteiger partial charge on any atom is -0.486 e. The smallest absolute Gasteiger partial charge is 0.264 e. The van der Waals surface area contributed by atoms with E-state index in [0.29, 0.717) is 18.9 Å². The summed E-state index contributed by atoms with van der Waals surface area (Å²) in [6.45, 7) is 4.41. The Labute approximate surface area is 281 Å². The molecule has 0 spiro atoms. The van der Waals surface area contributed by atoms with Crippen molar-refractivity contribution in [2.24, 2.45) is 0 Å². The zero-order chi connectivity index (χ0) is 34.1. The molecule has 4 aromatic carbocycles. The van der Waals surface area contributed by atoms with Gasteiger partial charge in [0.15, 0.2) is 11.5 Å². The Morgan fingerprint density at radius 2 is 1.56 bits per heavy atom. The van der Waals surface area contributed by atoms with Crippen LogP contribution in [0.3, 0.4) is 0 Å². The number of amides is 2. The van der Waals surface area contributed by atoms with Gasteiger partial charge in [0.05, 0.1) is 10.6 Å². The Morgan fingerprint density at radius 1 is 0.875 bits per heavy atom. The lowest BCUT2D eigenvalue weighted by Crippen LogP contribution is -2.53. The summed E-state index contributed by atoms with van der Waals surface area (Å²) in [7, 11) is -4.40. The number of carbonyl (C=O) groups excluding carboxylic acids is 2. The van der Waals surface area contributed by atoms with E-state index in [1.165, 1.54) is 35.2 Å². The topological polar surface area (TPSA) is 105 Å². The van der Waals surface area contributed by atoms with Crippen LogP contribution in [0.25, 0.3) is 0 Å². The molecule has 0 saturated heterocycles. The number of hydrogen-bond donors (Lipinski definition) is 1. The third-order valence-electron chi connectivity index (χ3n) is 8.07. The molecule has 11 heteroatoms. The normalized spacial score (nSPS) is 13.0. The third-order valence-corrected chi connectivity index (χ3v) is 9.84. The summed E-state index contributed by atoms with van der Waals surface area (Å²) in [5, 5.41) is 2.98. The lowest BCUT2D eigenvalue weighted by Gasteiger charge is -2.34. The van der Waals surface area contributed by atoms with Crippen LogP contribution >= 0.6 is 0 Å². The van der Waals surface area contributed by atoms with Gasteiger partial charge in [0.25, 0.3) is 10.0 Å². The lowest BCUT2D eigenvalue weighted by molar-refractivity contribution is -0.140. The van der Waals surface area contributed by atoms with Gasteiger partial charge in [-0.2, -0.15) is 0 Å². The number of ether oxygens (including phenoxy) is 2. The SMILES string of the molecule is CCCCNC(=O)[C@@H](Cc1ccccc1)N(Cc1ccc(C)cc1)C(=O)CN(c1ccc(F)cc1)S(=O)(=O)c1ccc2c(c1)OCCO2. The molecule has 1 atom stereocenters. The van der Waals surface area contributed by atoms with E-state index in [-0.39, 0.29) is 41.8 Å². The highest BCUT2D eigenvalue weighted by Gasteiger charge is 2.35. The van der Waals surface area contributed by atoms with E-state index in [0.717, 1.165) is 46.0 Å². The summed E-state index contributed by atoms with van der Waals surface area (Å²) < 4.78 is 54.8. The Balaban J connectivity index is 1.56. The molecule has 252 valence electrons. The maximum Gasteiger partial charge on any atom is 0.264 e. The molecule has 0 fully saturated rings. The second kappa shape index (κ2) is 15.8. The van der Waals surface area contributed by atoms with Crippen molar-refractivity contribution in [3.05, 3.63) is 120 Å². The van der Waals surface area contributed by atoms with E-state index in [1.54, 1.807) is 0 Å². The number of nitrogens with zero attached hydrogens (tertiary/aromatic N) is 2. The number of aryl methyl sites for hydroxylation is 1. The van der Waals surface area contributed by atoms with Gasteiger partial charge in [0, 0.05) is 25.6 Å². The zero-order valence-electron chi connectivity index (χ0n) is 27.1. The van der Waals surface area contributed by atoms with Gasteiger partial charge in [-0.3, -0.25) is 13.9 Å². The monoisotopic (exact) mass is 673 g/mol. The molecule has 4 aromatic rings. The van der Waals surface area contributed by atoms with Crippen molar-refractivity contribution in [2.45, 2.75) is 50.6 Å². The van der Waals surface area contributed by atoms with Crippen LogP contribution in [0, 0.1) is 12.7 Å². The molecule has 9 nitrogen and oxygen atoms in total. The third kappa shape index (κ3) is 8.51. The van der Waals surface area contributed by atoms with Crippen LogP contribution in [-0.2, 0) is 32.6 Å². The first kappa shape index (κ1) is 34.4. The van der Waals surface area contributed by atoms with E-state index < -0.39 is 34.3 Å². The van der Waals surface area contributed by atoms with Gasteiger partial charge < -0.3 is 19.7 Å². The molecule has 5 rings (SSSR count). The molecule has 0 bridgehead atoms. The molecule has 1 aliphatic rings. The van der Waals surface area contributed by atoms with Crippen molar-refractivity contribution >= 4 is 27.5 Å². The average molecular weight is 674 g/mol. The quantitative estimate of drug-likeness (QED) is 0.173. The highest BCUT2D eigenvalue weighted by atomic mass is 32.2. The highest BCUT2D eigenvalue weighted by Crippen LogP contribution is 2.34. The van der Waals surface area contributed by atoms with Gasteiger partial charge in [0.1, 0.15) is 31.6 Å². The number of fused-ring (bicyclic) bond motifs is 1. The summed E-state index contributed by atoms with van der Waals surface area (Å²) >= 11 is 0. The fourth-order valence-electron chi connectivity index (χ4n) is 5.40. The zero-order valence-corrected chi connectivity index (χ0v) is 27.9. The second-order valence-corrected chi connectivity index (χ2v) is 13.5. The van der Waals surface area contributed by atoms with Gasteiger partial charge in [0.2, 0.25) is 11.8 Å². The Bertz CT molecular complexity index is 1800. The number of hydrogen-bond acceptors (Lipinski definition) is 6. The predicted octanol–water partition coefficient (Wildman–Crippen LogP) is 5.66. The van der Waals surface area contributed by atoms with E-state index in [9.17, 15) is 22.4 Å². The maximum atomic E-state index is 14.6. The van der Waals surface area contributed by atoms with Crippen LogP contribution in [0.1, 0.15) is 36.5 Å². The van der Waals surface area contributed by atoms with Gasteiger partial charge >= 0.3 is 0 Å². The van der Waals surface area contributed by atoms with Gasteiger partial charge in [-0.05, 0) is 60.9 Å². The minimum absolute atomic E-state index is 0.0547. The van der Waals surface area contributed by atoms with E-state index in [4.69, 9.17) is 9.47 Å². The van der Waals surface area contributed by atoms with Gasteiger partial charge in [-0.1, -0.05) is 73.5 Å². The molecule has 1 heterocycles. The molecule has 48 heavy (non-hydrogen) atoms. The summed E-state index contributed by atoms with van der Waals surface area (Å²) in [6.07, 6.45) is 1.85. The van der Waals surface area contributed by atoms with E-state index >= 15 is 0 Å². The van der Waals surface area contributed by atoms with Crippen LogP contribution in [-0.4, -0.2) is 57.5 Å². The highest BCUT2D eigenvalue weighted by molar-refractivity contribution is 7.92. The Morgan fingerprint density at radius 3 is 2.25 bits per heavy atom. The Hall–Kier alpha value is -4.90. The average Bonchev–Trinajstić information content (AvgIpc) is 3.10. The number of halogens is 1. The minimum atomic E-state index is -4.40. The largest absolute Gasteiger partial charge is 0.486 e. The van der Waals surface area contributed by atoms with Crippen molar-refractivity contribution in [3.8, 4) is 11.5 Å². The fraction of sp³-hybridized carbons (Fsp3) is 0.297. The number of sulfonamides is 1. The predicted molar refractivity (Wildman–Crippen MR) is 182 cm³/mol. The number of unbranched alkanes of at least 4 members (excludes halogenated alkanes) is 1.